The van der Waals surface area contributed by atoms with Crippen molar-refractivity contribution in [2.24, 2.45) is 0 Å². The highest BCUT2D eigenvalue weighted by Gasteiger charge is 2.38. The van der Waals surface area contributed by atoms with Crippen LogP contribution in [-0.2, 0) is 20.6 Å². The Bertz CT molecular complexity index is 212. The second-order valence-corrected chi connectivity index (χ2v) is 17.4. The van der Waals surface area contributed by atoms with Crippen molar-refractivity contribution in [1.82, 2.24) is 0 Å². The van der Waals surface area contributed by atoms with Gasteiger partial charge >= 0.3 is 17.1 Å². The molecule has 0 spiro atoms. The van der Waals surface area contributed by atoms with Crippen molar-refractivity contribution in [2.75, 3.05) is 0 Å². The zero-order valence-electron chi connectivity index (χ0n) is 10.0. The predicted molar refractivity (Wildman–Crippen MR) is 70.5 cm³/mol. The molecular formula is C5H20O5Si5. The lowest BCUT2D eigenvalue weighted by Gasteiger charge is -2.35. The molecule has 1 fully saturated rings. The minimum absolute atomic E-state index is 0.869. The minimum atomic E-state index is -2.06. The maximum atomic E-state index is 6.03. The highest BCUT2D eigenvalue weighted by molar-refractivity contribution is 6.83. The molecule has 0 bridgehead atoms. The van der Waals surface area contributed by atoms with Gasteiger partial charge in [0.05, 0.1) is 0 Å². The summed E-state index contributed by atoms with van der Waals surface area (Å²) in [5.41, 5.74) is 0. The molecule has 0 saturated carbocycles. The third-order valence-electron chi connectivity index (χ3n) is 1.82. The van der Waals surface area contributed by atoms with Gasteiger partial charge in [0.1, 0.15) is 0 Å². The van der Waals surface area contributed by atoms with Crippen LogP contribution >= 0.6 is 0 Å². The third kappa shape index (κ3) is 5.67. The second-order valence-electron chi connectivity index (χ2n) is 4.34. The summed E-state index contributed by atoms with van der Waals surface area (Å²) >= 11 is 0. The molecule has 0 aromatic carbocycles. The van der Waals surface area contributed by atoms with E-state index in [1.165, 1.54) is 0 Å². The third-order valence-corrected chi connectivity index (χ3v) is 16.4. The molecule has 0 amide bonds. The van der Waals surface area contributed by atoms with Gasteiger partial charge in [0.15, 0.2) is 0 Å². The Balaban J connectivity index is 2.64. The van der Waals surface area contributed by atoms with Crippen LogP contribution in [0.2, 0.25) is 32.7 Å². The molecule has 15 heavy (non-hydrogen) atoms. The molecule has 0 radical (unpaired) electrons. The van der Waals surface area contributed by atoms with Gasteiger partial charge in [0.2, 0.25) is 0 Å². The molecule has 1 heterocycles. The summed E-state index contributed by atoms with van der Waals surface area (Å²) in [5, 5.41) is 0. The molecule has 90 valence electrons. The Labute approximate surface area is 99.9 Å². The highest BCUT2D eigenvalue weighted by atomic mass is 28.5. The van der Waals surface area contributed by atoms with Gasteiger partial charge < -0.3 is 20.6 Å². The summed E-state index contributed by atoms with van der Waals surface area (Å²) in [6.45, 7) is 10.3. The summed E-state index contributed by atoms with van der Waals surface area (Å²) in [6.07, 6.45) is 0. The van der Waals surface area contributed by atoms with E-state index in [9.17, 15) is 0 Å². The molecule has 5 nitrogen and oxygen atoms in total. The standard InChI is InChI=1S/C5H20O5Si5/c1-13-7-11-6-12-8-14(2,3)10-15(4,5)9-13/h13H,11-12H2,1-5H3. The molecular weight excluding hydrogens is 280 g/mol. The lowest BCUT2D eigenvalue weighted by Crippen LogP contribution is -2.52. The first-order chi connectivity index (χ1) is 6.81. The highest BCUT2D eigenvalue weighted by Crippen LogP contribution is 2.18. The topological polar surface area (TPSA) is 46.2 Å². The average Bonchev–Trinajstić information content (AvgIpc) is 1.98. The van der Waals surface area contributed by atoms with Crippen LogP contribution in [0, 0.1) is 0 Å². The van der Waals surface area contributed by atoms with Crippen LogP contribution in [0.4, 0.5) is 0 Å². The maximum Gasteiger partial charge on any atom is 0.313 e. The summed E-state index contributed by atoms with van der Waals surface area (Å²) in [5.74, 6) is 0. The number of hydrogen-bond acceptors (Lipinski definition) is 5. The van der Waals surface area contributed by atoms with E-state index in [-0.39, 0.29) is 0 Å². The summed E-state index contributed by atoms with van der Waals surface area (Å²) in [4.78, 5) is 0. The van der Waals surface area contributed by atoms with E-state index in [0.29, 0.717) is 0 Å². The predicted octanol–water partition coefficient (Wildman–Crippen LogP) is -0.666. The SMILES string of the molecule is C[SiH]1O[SiH2]O[SiH2]O[Si](C)(C)O[Si](C)(C)O1. The summed E-state index contributed by atoms with van der Waals surface area (Å²) in [6, 6.07) is 0. The first-order valence-corrected chi connectivity index (χ1v) is 15.1. The molecule has 1 aliphatic rings. The van der Waals surface area contributed by atoms with Gasteiger partial charge in [-0.2, -0.15) is 0 Å². The van der Waals surface area contributed by atoms with Gasteiger partial charge in [-0.1, -0.05) is 0 Å². The average molecular weight is 301 g/mol. The van der Waals surface area contributed by atoms with Gasteiger partial charge in [-0.05, 0) is 32.7 Å². The normalized spacial score (nSPS) is 35.4. The molecule has 1 aliphatic heterocycles. The molecule has 0 aliphatic carbocycles. The largest absolute Gasteiger partial charge is 0.425 e. The van der Waals surface area contributed by atoms with Gasteiger partial charge in [-0.3, -0.25) is 0 Å². The maximum absolute atomic E-state index is 6.03. The summed E-state index contributed by atoms with van der Waals surface area (Å²) in [7, 11) is -7.40. The van der Waals surface area contributed by atoms with Crippen LogP contribution in [0.15, 0.2) is 0 Å². The van der Waals surface area contributed by atoms with Crippen LogP contribution in [0.5, 0.6) is 0 Å². The molecule has 0 N–H and O–H groups in total. The summed E-state index contributed by atoms with van der Waals surface area (Å²) < 4.78 is 28.7. The van der Waals surface area contributed by atoms with Gasteiger partial charge in [0.25, 0.3) is 29.3 Å². The van der Waals surface area contributed by atoms with E-state index in [1.54, 1.807) is 0 Å². The fourth-order valence-electron chi connectivity index (χ4n) is 1.44. The van der Waals surface area contributed by atoms with Crippen molar-refractivity contribution in [3.63, 3.8) is 0 Å². The lowest BCUT2D eigenvalue weighted by atomic mass is 11.9. The minimum Gasteiger partial charge on any atom is -0.425 e. The van der Waals surface area contributed by atoms with Crippen molar-refractivity contribution in [1.29, 1.82) is 0 Å². The van der Waals surface area contributed by atoms with Crippen LogP contribution in [0.3, 0.4) is 0 Å². The zero-order chi connectivity index (χ0) is 11.5. The fraction of sp³-hybridized carbons (Fsp3) is 1.00. The van der Waals surface area contributed by atoms with Crippen LogP contribution in [-0.4, -0.2) is 46.4 Å². The molecule has 1 unspecified atom stereocenters. The lowest BCUT2D eigenvalue weighted by molar-refractivity contribution is 0.285. The van der Waals surface area contributed by atoms with Crippen molar-refractivity contribution < 1.29 is 20.6 Å². The number of hydrogen-bond donors (Lipinski definition) is 0. The van der Waals surface area contributed by atoms with E-state index < -0.39 is 46.4 Å². The van der Waals surface area contributed by atoms with E-state index in [2.05, 4.69) is 26.2 Å². The molecule has 1 saturated heterocycles. The fourth-order valence-corrected chi connectivity index (χ4v) is 16.2. The first-order valence-electron chi connectivity index (χ1n) is 5.02. The zero-order valence-corrected chi connectivity index (χ0v) is 16.0. The Morgan fingerprint density at radius 2 is 1.67 bits per heavy atom. The quantitative estimate of drug-likeness (QED) is 0.556. The van der Waals surface area contributed by atoms with Gasteiger partial charge in [-0.15, -0.1) is 0 Å². The van der Waals surface area contributed by atoms with Crippen molar-refractivity contribution in [3.05, 3.63) is 0 Å². The van der Waals surface area contributed by atoms with Crippen LogP contribution in [0.25, 0.3) is 0 Å². The van der Waals surface area contributed by atoms with Crippen LogP contribution < -0.4 is 0 Å². The Morgan fingerprint density at radius 1 is 1.00 bits per heavy atom. The van der Waals surface area contributed by atoms with E-state index in [1.807, 2.05) is 6.55 Å². The Morgan fingerprint density at radius 3 is 2.33 bits per heavy atom. The first kappa shape index (κ1) is 13.9. The smallest absolute Gasteiger partial charge is 0.313 e. The van der Waals surface area contributed by atoms with Crippen molar-refractivity contribution >= 4 is 46.4 Å². The molecule has 1 atom stereocenters. The molecule has 1 rings (SSSR count). The number of rotatable bonds is 0. The molecule has 0 aromatic rings. The van der Waals surface area contributed by atoms with E-state index in [4.69, 9.17) is 20.6 Å². The van der Waals surface area contributed by atoms with Crippen LogP contribution in [0.1, 0.15) is 0 Å². The Hall–Kier alpha value is 0.884. The van der Waals surface area contributed by atoms with Crippen molar-refractivity contribution in [3.8, 4) is 0 Å². The van der Waals surface area contributed by atoms with Crippen molar-refractivity contribution in [2.45, 2.75) is 32.7 Å². The van der Waals surface area contributed by atoms with E-state index >= 15 is 0 Å². The second kappa shape index (κ2) is 5.48. The van der Waals surface area contributed by atoms with E-state index in [0.717, 1.165) is 0 Å². The van der Waals surface area contributed by atoms with Gasteiger partial charge in [-0.25, -0.2) is 0 Å². The molecule has 0 aromatic heterocycles. The monoisotopic (exact) mass is 300 g/mol. The van der Waals surface area contributed by atoms with Gasteiger partial charge in [0, 0.05) is 0 Å². The molecule has 10 heteroatoms. The Kier molecular flexibility index (Phi) is 5.09.